The molecular weight excluding hydrogens is 264 g/mol. The van der Waals surface area contributed by atoms with Crippen molar-refractivity contribution in [1.82, 2.24) is 0 Å². The molecule has 0 bridgehead atoms. The van der Waals surface area contributed by atoms with E-state index in [1.807, 2.05) is 31.2 Å². The Kier molecular flexibility index (Phi) is 5.65. The first-order valence-electron chi connectivity index (χ1n) is 8.04. The van der Waals surface area contributed by atoms with Gasteiger partial charge >= 0.3 is 0 Å². The second kappa shape index (κ2) is 7.28. The minimum atomic E-state index is -0.461. The van der Waals surface area contributed by atoms with Gasteiger partial charge in [0.25, 0.3) is 0 Å². The maximum absolute atomic E-state index is 10.8. The molecule has 3 nitrogen and oxygen atoms in total. The molecule has 1 aromatic carbocycles. The van der Waals surface area contributed by atoms with Crippen LogP contribution in [0.25, 0.3) is 0 Å². The number of hydrogen-bond acceptors (Lipinski definition) is 3. The van der Waals surface area contributed by atoms with Gasteiger partial charge in [0.1, 0.15) is 5.75 Å². The highest BCUT2D eigenvalue weighted by Gasteiger charge is 2.41. The normalized spacial score (nSPS) is 27.3. The standard InChI is InChI=1S/C18H28O3/c1-4-21-18(10-8-14(2)9-11-18)17(19)13-15-6-5-7-16(12-15)20-3/h5-7,12,14,17,19H,4,8-11,13H2,1-3H3. The van der Waals surface area contributed by atoms with Gasteiger partial charge in [0.05, 0.1) is 18.8 Å². The largest absolute Gasteiger partial charge is 0.497 e. The van der Waals surface area contributed by atoms with E-state index in [4.69, 9.17) is 9.47 Å². The second-order valence-corrected chi connectivity index (χ2v) is 6.25. The van der Waals surface area contributed by atoms with Crippen LogP contribution in [0.15, 0.2) is 24.3 Å². The van der Waals surface area contributed by atoms with Gasteiger partial charge in [-0.15, -0.1) is 0 Å². The highest BCUT2D eigenvalue weighted by Crippen LogP contribution is 2.38. The van der Waals surface area contributed by atoms with Gasteiger partial charge in [-0.05, 0) is 56.2 Å². The molecule has 0 radical (unpaired) electrons. The van der Waals surface area contributed by atoms with E-state index in [0.29, 0.717) is 13.0 Å². The van der Waals surface area contributed by atoms with Gasteiger partial charge in [-0.2, -0.15) is 0 Å². The molecule has 1 aliphatic rings. The van der Waals surface area contributed by atoms with Crippen molar-refractivity contribution in [2.24, 2.45) is 5.92 Å². The van der Waals surface area contributed by atoms with Crippen molar-refractivity contribution in [3.63, 3.8) is 0 Å². The molecule has 21 heavy (non-hydrogen) atoms. The van der Waals surface area contributed by atoms with Crippen LogP contribution in [0, 0.1) is 5.92 Å². The summed E-state index contributed by atoms with van der Waals surface area (Å²) in [7, 11) is 1.67. The summed E-state index contributed by atoms with van der Waals surface area (Å²) in [5.74, 6) is 1.57. The Morgan fingerprint density at radius 1 is 1.33 bits per heavy atom. The Bertz CT molecular complexity index is 436. The summed E-state index contributed by atoms with van der Waals surface area (Å²) in [5.41, 5.74) is 0.726. The van der Waals surface area contributed by atoms with Crippen molar-refractivity contribution in [2.45, 2.75) is 57.7 Å². The van der Waals surface area contributed by atoms with Crippen LogP contribution in [0.3, 0.4) is 0 Å². The molecule has 0 saturated heterocycles. The van der Waals surface area contributed by atoms with E-state index in [-0.39, 0.29) is 5.60 Å². The lowest BCUT2D eigenvalue weighted by Gasteiger charge is -2.42. The van der Waals surface area contributed by atoms with Crippen LogP contribution in [0.5, 0.6) is 5.75 Å². The van der Waals surface area contributed by atoms with Crippen molar-refractivity contribution in [3.05, 3.63) is 29.8 Å². The summed E-state index contributed by atoms with van der Waals surface area (Å²) in [6.07, 6.45) is 4.33. The van der Waals surface area contributed by atoms with Crippen LogP contribution in [0.2, 0.25) is 0 Å². The third-order valence-electron chi connectivity index (χ3n) is 4.72. The lowest BCUT2D eigenvalue weighted by molar-refractivity contribution is -0.143. The second-order valence-electron chi connectivity index (χ2n) is 6.25. The van der Waals surface area contributed by atoms with E-state index >= 15 is 0 Å². The molecule has 0 heterocycles. The molecule has 1 unspecified atom stereocenters. The predicted molar refractivity (Wildman–Crippen MR) is 84.7 cm³/mol. The zero-order valence-corrected chi connectivity index (χ0v) is 13.5. The molecule has 1 aliphatic carbocycles. The molecule has 1 aromatic rings. The number of rotatable bonds is 6. The van der Waals surface area contributed by atoms with Gasteiger partial charge in [-0.3, -0.25) is 0 Å². The number of hydrogen-bond donors (Lipinski definition) is 1. The number of methoxy groups -OCH3 is 1. The van der Waals surface area contributed by atoms with Crippen LogP contribution in [0.1, 0.15) is 45.1 Å². The van der Waals surface area contributed by atoms with E-state index < -0.39 is 6.10 Å². The third kappa shape index (κ3) is 3.98. The number of aliphatic hydroxyl groups excluding tert-OH is 1. The summed E-state index contributed by atoms with van der Waals surface area (Å²) in [5, 5.41) is 10.8. The van der Waals surface area contributed by atoms with Gasteiger partial charge in [-0.25, -0.2) is 0 Å². The maximum Gasteiger partial charge on any atom is 0.119 e. The van der Waals surface area contributed by atoms with Crippen LogP contribution in [-0.4, -0.2) is 30.5 Å². The highest BCUT2D eigenvalue weighted by atomic mass is 16.5. The molecule has 1 fully saturated rings. The fourth-order valence-corrected chi connectivity index (χ4v) is 3.32. The summed E-state index contributed by atoms with van der Waals surface area (Å²) < 4.78 is 11.3. The van der Waals surface area contributed by atoms with Crippen LogP contribution in [-0.2, 0) is 11.2 Å². The Hall–Kier alpha value is -1.06. The average Bonchev–Trinajstić information content (AvgIpc) is 2.50. The van der Waals surface area contributed by atoms with E-state index in [9.17, 15) is 5.11 Å². The molecule has 0 aliphatic heterocycles. The zero-order valence-electron chi connectivity index (χ0n) is 13.5. The zero-order chi connectivity index (χ0) is 15.3. The lowest BCUT2D eigenvalue weighted by atomic mass is 9.75. The van der Waals surface area contributed by atoms with E-state index in [0.717, 1.165) is 42.9 Å². The number of ether oxygens (including phenoxy) is 2. The Morgan fingerprint density at radius 3 is 2.67 bits per heavy atom. The fraction of sp³-hybridized carbons (Fsp3) is 0.667. The predicted octanol–water partition coefficient (Wildman–Crippen LogP) is 3.58. The Labute approximate surface area is 128 Å². The Morgan fingerprint density at radius 2 is 2.05 bits per heavy atom. The molecule has 2 rings (SSSR count). The van der Waals surface area contributed by atoms with Crippen molar-refractivity contribution in [1.29, 1.82) is 0 Å². The average molecular weight is 292 g/mol. The van der Waals surface area contributed by atoms with Gasteiger partial charge < -0.3 is 14.6 Å². The molecule has 1 N–H and O–H groups in total. The molecule has 3 heteroatoms. The van der Waals surface area contributed by atoms with E-state index in [2.05, 4.69) is 6.92 Å². The van der Waals surface area contributed by atoms with E-state index in [1.54, 1.807) is 7.11 Å². The van der Waals surface area contributed by atoms with Gasteiger partial charge in [0.2, 0.25) is 0 Å². The molecule has 1 atom stereocenters. The molecule has 1 saturated carbocycles. The van der Waals surface area contributed by atoms with Crippen molar-refractivity contribution < 1.29 is 14.6 Å². The lowest BCUT2D eigenvalue weighted by Crippen LogP contribution is -2.48. The quantitative estimate of drug-likeness (QED) is 0.871. The van der Waals surface area contributed by atoms with E-state index in [1.165, 1.54) is 0 Å². The highest BCUT2D eigenvalue weighted by molar-refractivity contribution is 5.29. The summed E-state index contributed by atoms with van der Waals surface area (Å²) in [6.45, 7) is 4.95. The van der Waals surface area contributed by atoms with Gasteiger partial charge in [-0.1, -0.05) is 19.1 Å². The van der Waals surface area contributed by atoms with Crippen LogP contribution < -0.4 is 4.74 Å². The molecule has 0 aromatic heterocycles. The summed E-state index contributed by atoms with van der Waals surface area (Å²) in [6, 6.07) is 7.93. The number of aliphatic hydroxyl groups is 1. The smallest absolute Gasteiger partial charge is 0.119 e. The maximum atomic E-state index is 10.8. The first-order chi connectivity index (χ1) is 10.1. The molecule has 0 spiro atoms. The number of benzene rings is 1. The minimum absolute atomic E-state index is 0.371. The summed E-state index contributed by atoms with van der Waals surface area (Å²) in [4.78, 5) is 0. The van der Waals surface area contributed by atoms with Gasteiger partial charge in [0, 0.05) is 13.0 Å². The van der Waals surface area contributed by atoms with Gasteiger partial charge in [0.15, 0.2) is 0 Å². The third-order valence-corrected chi connectivity index (χ3v) is 4.72. The van der Waals surface area contributed by atoms with Crippen LogP contribution in [0.4, 0.5) is 0 Å². The Balaban J connectivity index is 2.09. The topological polar surface area (TPSA) is 38.7 Å². The van der Waals surface area contributed by atoms with Crippen molar-refractivity contribution in [3.8, 4) is 5.75 Å². The SMILES string of the molecule is CCOC1(C(O)Cc2cccc(OC)c2)CCC(C)CC1. The monoisotopic (exact) mass is 292 g/mol. The molecule has 0 amide bonds. The first-order valence-corrected chi connectivity index (χ1v) is 8.04. The minimum Gasteiger partial charge on any atom is -0.497 e. The fourth-order valence-electron chi connectivity index (χ4n) is 3.32. The summed E-state index contributed by atoms with van der Waals surface area (Å²) >= 11 is 0. The van der Waals surface area contributed by atoms with Crippen LogP contribution >= 0.6 is 0 Å². The van der Waals surface area contributed by atoms with Crippen molar-refractivity contribution >= 4 is 0 Å². The van der Waals surface area contributed by atoms with Crippen molar-refractivity contribution in [2.75, 3.05) is 13.7 Å². The molecular formula is C18H28O3. The molecule has 118 valence electrons. The first kappa shape index (κ1) is 16.3.